The molecule has 2 fully saturated rings. The van der Waals surface area contributed by atoms with Crippen LogP contribution in [0.4, 0.5) is 0 Å². The van der Waals surface area contributed by atoms with Gasteiger partial charge in [-0.2, -0.15) is 0 Å². The fourth-order valence-corrected chi connectivity index (χ4v) is 5.44. The number of aryl methyl sites for hydroxylation is 4. The van der Waals surface area contributed by atoms with Gasteiger partial charge < -0.3 is 25.0 Å². The molecule has 0 amide bonds. The summed E-state index contributed by atoms with van der Waals surface area (Å²) in [6, 6.07) is 11.9. The van der Waals surface area contributed by atoms with Crippen LogP contribution < -0.4 is 14.8 Å². The Morgan fingerprint density at radius 3 is 1.74 bits per heavy atom. The number of benzene rings is 2. The van der Waals surface area contributed by atoms with Crippen LogP contribution in [-0.2, 0) is 10.0 Å². The van der Waals surface area contributed by atoms with Gasteiger partial charge in [0.05, 0.1) is 18.5 Å². The lowest BCUT2D eigenvalue weighted by atomic mass is 10.1. The van der Waals surface area contributed by atoms with Gasteiger partial charge >= 0.3 is 0 Å². The van der Waals surface area contributed by atoms with E-state index in [0.29, 0.717) is 25.9 Å². The van der Waals surface area contributed by atoms with Gasteiger partial charge in [-0.15, -0.1) is 0 Å². The number of ether oxygens (including phenoxy) is 2. The van der Waals surface area contributed by atoms with Crippen molar-refractivity contribution in [3.05, 3.63) is 58.7 Å². The molecule has 4 rings (SSSR count). The van der Waals surface area contributed by atoms with Crippen molar-refractivity contribution in [2.24, 2.45) is 0 Å². The Balaban J connectivity index is 0.000000215. The van der Waals surface area contributed by atoms with Crippen molar-refractivity contribution < 1.29 is 28.1 Å². The zero-order valence-electron chi connectivity index (χ0n) is 23.3. The number of nitrogens with zero attached hydrogens (tertiary/aromatic N) is 1. The van der Waals surface area contributed by atoms with E-state index >= 15 is 0 Å². The van der Waals surface area contributed by atoms with E-state index in [2.05, 4.69) is 25.2 Å². The summed E-state index contributed by atoms with van der Waals surface area (Å²) in [7, 11) is -3.21. The van der Waals surface area contributed by atoms with Gasteiger partial charge in [0.25, 0.3) is 0 Å². The fourth-order valence-electron chi connectivity index (χ4n) is 4.57. The molecule has 0 aromatic heterocycles. The molecule has 8 nitrogen and oxygen atoms in total. The van der Waals surface area contributed by atoms with E-state index in [9.17, 15) is 18.6 Å². The van der Waals surface area contributed by atoms with Gasteiger partial charge in [-0.1, -0.05) is 12.1 Å². The van der Waals surface area contributed by atoms with Crippen molar-refractivity contribution in [1.82, 2.24) is 9.62 Å². The normalized spacial score (nSPS) is 24.9. The van der Waals surface area contributed by atoms with Crippen molar-refractivity contribution in [3.63, 3.8) is 0 Å². The second-order valence-corrected chi connectivity index (χ2v) is 12.5. The van der Waals surface area contributed by atoms with Gasteiger partial charge in [-0.3, -0.25) is 0 Å². The molecule has 2 aromatic rings. The monoisotopic (exact) mass is 548 g/mol. The lowest BCUT2D eigenvalue weighted by Crippen LogP contribution is -2.32. The predicted molar refractivity (Wildman–Crippen MR) is 150 cm³/mol. The molecule has 3 N–H and O–H groups in total. The van der Waals surface area contributed by atoms with Crippen LogP contribution >= 0.6 is 0 Å². The van der Waals surface area contributed by atoms with Gasteiger partial charge in [0.1, 0.15) is 23.7 Å². The second kappa shape index (κ2) is 13.8. The lowest BCUT2D eigenvalue weighted by Gasteiger charge is -2.22. The Morgan fingerprint density at radius 2 is 1.21 bits per heavy atom. The molecule has 0 aliphatic carbocycles. The summed E-state index contributed by atoms with van der Waals surface area (Å²) in [5.41, 5.74) is 4.81. The number of aliphatic hydroxyl groups is 2. The molecule has 0 bridgehead atoms. The quantitative estimate of drug-likeness (QED) is 0.526. The molecule has 2 saturated heterocycles. The third kappa shape index (κ3) is 8.95. The van der Waals surface area contributed by atoms with Crippen LogP contribution in [-0.4, -0.2) is 79.8 Å². The van der Waals surface area contributed by atoms with Crippen LogP contribution in [0.5, 0.6) is 11.5 Å². The Kier molecular flexibility index (Phi) is 11.0. The van der Waals surface area contributed by atoms with Gasteiger partial charge in [0.15, 0.2) is 0 Å². The zero-order valence-corrected chi connectivity index (χ0v) is 24.1. The summed E-state index contributed by atoms with van der Waals surface area (Å²) in [4.78, 5) is 0. The Hall–Kier alpha value is -2.17. The lowest BCUT2D eigenvalue weighted by molar-refractivity contribution is 0.0349. The Morgan fingerprint density at radius 1 is 0.737 bits per heavy atom. The number of sulfonamides is 1. The van der Waals surface area contributed by atoms with Crippen LogP contribution in [0.2, 0.25) is 0 Å². The van der Waals surface area contributed by atoms with Crippen molar-refractivity contribution in [2.75, 3.05) is 32.4 Å². The van der Waals surface area contributed by atoms with Crippen LogP contribution in [0.3, 0.4) is 0 Å². The second-order valence-electron chi connectivity index (χ2n) is 10.5. The maximum absolute atomic E-state index is 11.6. The molecule has 2 heterocycles. The molecule has 0 saturated carbocycles. The SMILES string of the molecule is Cc1ccc(O[C@@H]2CCN(S(C)(=O)=O)CC[C@H]2O)cc1C.Cc1ccc(O[C@@H]2CCNCC[C@H]2O)cc1C. The fraction of sp³-hybridized carbons (Fsp3) is 0.586. The summed E-state index contributed by atoms with van der Waals surface area (Å²) in [5.74, 6) is 1.58. The largest absolute Gasteiger partial charge is 0.488 e. The number of rotatable bonds is 5. The minimum absolute atomic E-state index is 0.0906. The van der Waals surface area contributed by atoms with E-state index in [1.54, 1.807) is 0 Å². The number of hydrogen-bond acceptors (Lipinski definition) is 7. The highest BCUT2D eigenvalue weighted by Gasteiger charge is 2.29. The van der Waals surface area contributed by atoms with Crippen molar-refractivity contribution in [3.8, 4) is 11.5 Å². The maximum atomic E-state index is 11.6. The highest BCUT2D eigenvalue weighted by atomic mass is 32.2. The van der Waals surface area contributed by atoms with E-state index in [1.165, 1.54) is 27.3 Å². The average molecular weight is 549 g/mol. The molecule has 9 heteroatoms. The molecular formula is C29H44N2O6S. The Bertz CT molecular complexity index is 1160. The van der Waals surface area contributed by atoms with E-state index in [4.69, 9.17) is 9.47 Å². The minimum Gasteiger partial charge on any atom is -0.488 e. The molecule has 2 aromatic carbocycles. The molecule has 212 valence electrons. The van der Waals surface area contributed by atoms with Gasteiger partial charge in [0, 0.05) is 19.5 Å². The highest BCUT2D eigenvalue weighted by Crippen LogP contribution is 2.23. The summed E-state index contributed by atoms with van der Waals surface area (Å²) in [6.07, 6.45) is 2.20. The van der Waals surface area contributed by atoms with E-state index in [0.717, 1.165) is 43.0 Å². The van der Waals surface area contributed by atoms with E-state index in [-0.39, 0.29) is 18.3 Å². The summed E-state index contributed by atoms with van der Waals surface area (Å²) >= 11 is 0. The molecule has 2 aliphatic heterocycles. The number of aliphatic hydroxyl groups excluding tert-OH is 2. The number of hydrogen-bond donors (Lipinski definition) is 3. The summed E-state index contributed by atoms with van der Waals surface area (Å²) in [5, 5.41) is 23.4. The zero-order chi connectivity index (χ0) is 27.9. The van der Waals surface area contributed by atoms with Crippen molar-refractivity contribution >= 4 is 10.0 Å². The number of nitrogens with one attached hydrogen (secondary N) is 1. The molecule has 4 atom stereocenters. The molecule has 0 spiro atoms. The predicted octanol–water partition coefficient (Wildman–Crippen LogP) is 3.26. The molecular weight excluding hydrogens is 504 g/mol. The van der Waals surface area contributed by atoms with Gasteiger partial charge in [-0.25, -0.2) is 12.7 Å². The minimum atomic E-state index is -3.21. The van der Waals surface area contributed by atoms with Crippen molar-refractivity contribution in [2.45, 2.75) is 77.8 Å². The smallest absolute Gasteiger partial charge is 0.211 e. The van der Waals surface area contributed by atoms with Crippen LogP contribution in [0.15, 0.2) is 36.4 Å². The van der Waals surface area contributed by atoms with Crippen LogP contribution in [0.1, 0.15) is 47.9 Å². The average Bonchev–Trinajstić information content (AvgIpc) is 3.17. The first-order valence-electron chi connectivity index (χ1n) is 13.4. The standard InChI is InChI=1S/C15H23NO4S.C14H21NO2/c1-11-4-5-13(10-12(11)2)20-15-7-9-16(21(3,18)19)8-6-14(15)17;1-10-3-4-12(9-11(10)2)17-14-6-8-15-7-5-13(14)16/h4-5,10,14-15,17H,6-9H2,1-3H3;3-4,9,13-16H,5-8H2,1-2H3/t14-,15-;13-,14-/m11/s1. The van der Waals surface area contributed by atoms with E-state index < -0.39 is 16.1 Å². The van der Waals surface area contributed by atoms with E-state index in [1.807, 2.05) is 44.2 Å². The Labute approximate surface area is 228 Å². The molecule has 2 aliphatic rings. The van der Waals surface area contributed by atoms with Gasteiger partial charge in [-0.05, 0) is 107 Å². The molecule has 0 radical (unpaired) electrons. The van der Waals surface area contributed by atoms with Crippen LogP contribution in [0.25, 0.3) is 0 Å². The van der Waals surface area contributed by atoms with Crippen molar-refractivity contribution in [1.29, 1.82) is 0 Å². The summed E-state index contributed by atoms with van der Waals surface area (Å²) in [6.45, 7) is 10.7. The van der Waals surface area contributed by atoms with Gasteiger partial charge in [0.2, 0.25) is 10.0 Å². The third-order valence-corrected chi connectivity index (χ3v) is 8.72. The third-order valence-electron chi connectivity index (χ3n) is 7.42. The first-order valence-corrected chi connectivity index (χ1v) is 15.3. The maximum Gasteiger partial charge on any atom is 0.211 e. The molecule has 0 unspecified atom stereocenters. The first kappa shape index (κ1) is 30.4. The first-order chi connectivity index (χ1) is 17.9. The highest BCUT2D eigenvalue weighted by molar-refractivity contribution is 7.88. The topological polar surface area (TPSA) is 108 Å². The van der Waals surface area contributed by atoms with Crippen LogP contribution in [0, 0.1) is 27.7 Å². The molecule has 38 heavy (non-hydrogen) atoms. The summed E-state index contributed by atoms with van der Waals surface area (Å²) < 4.78 is 36.4.